The number of benzene rings is 1. The van der Waals surface area contributed by atoms with Gasteiger partial charge in [-0.3, -0.25) is 0 Å². The molecule has 1 aromatic rings. The number of rotatable bonds is 4. The Morgan fingerprint density at radius 3 is 2.61 bits per heavy atom. The molecule has 1 aliphatic rings. The third kappa shape index (κ3) is 2.90. The number of aliphatic hydroxyl groups is 1. The Morgan fingerprint density at radius 2 is 2.11 bits per heavy atom. The van der Waals surface area contributed by atoms with Crippen LogP contribution in [0.3, 0.4) is 0 Å². The van der Waals surface area contributed by atoms with Crippen LogP contribution in [0.1, 0.15) is 19.3 Å². The van der Waals surface area contributed by atoms with Gasteiger partial charge in [0.05, 0.1) is 5.60 Å². The molecule has 18 heavy (non-hydrogen) atoms. The molecule has 2 N–H and O–H groups in total. The minimum atomic E-state index is -3.92. The number of nitrogens with one attached hydrogen (secondary N) is 1. The Balaban J connectivity index is 2.15. The zero-order valence-electron chi connectivity index (χ0n) is 9.49. The van der Waals surface area contributed by atoms with Crippen molar-refractivity contribution in [2.45, 2.75) is 29.8 Å². The van der Waals surface area contributed by atoms with Gasteiger partial charge in [-0.25, -0.2) is 17.5 Å². The van der Waals surface area contributed by atoms with E-state index in [1.807, 2.05) is 0 Å². The van der Waals surface area contributed by atoms with E-state index in [0.29, 0.717) is 17.3 Å². The summed E-state index contributed by atoms with van der Waals surface area (Å²) in [6, 6.07) is 3.73. The third-order valence-electron chi connectivity index (χ3n) is 3.06. The van der Waals surface area contributed by atoms with Crippen molar-refractivity contribution in [3.05, 3.63) is 28.5 Å². The van der Waals surface area contributed by atoms with Crippen molar-refractivity contribution in [3.8, 4) is 0 Å². The molecule has 1 aromatic carbocycles. The van der Waals surface area contributed by atoms with Crippen molar-refractivity contribution in [3.63, 3.8) is 0 Å². The van der Waals surface area contributed by atoms with E-state index in [9.17, 15) is 17.9 Å². The van der Waals surface area contributed by atoms with Crippen LogP contribution in [-0.2, 0) is 10.0 Å². The number of halogens is 2. The van der Waals surface area contributed by atoms with E-state index in [1.54, 1.807) is 0 Å². The Hall–Kier alpha value is -0.500. The average Bonchev–Trinajstić information content (AvgIpc) is 2.23. The van der Waals surface area contributed by atoms with Crippen LogP contribution in [0.5, 0.6) is 0 Å². The lowest BCUT2D eigenvalue weighted by molar-refractivity contribution is -0.0271. The summed E-state index contributed by atoms with van der Waals surface area (Å²) in [6.07, 6.45) is 2.02. The quantitative estimate of drug-likeness (QED) is 0.880. The van der Waals surface area contributed by atoms with Crippen molar-refractivity contribution in [1.29, 1.82) is 0 Å². The van der Waals surface area contributed by atoms with Gasteiger partial charge in [-0.1, -0.05) is 15.9 Å². The smallest absolute Gasteiger partial charge is 0.243 e. The summed E-state index contributed by atoms with van der Waals surface area (Å²) in [7, 11) is -3.92. The molecule has 2 rings (SSSR count). The average molecular weight is 338 g/mol. The molecular weight excluding hydrogens is 325 g/mol. The van der Waals surface area contributed by atoms with E-state index in [4.69, 9.17) is 0 Å². The fourth-order valence-electron chi connectivity index (χ4n) is 1.76. The highest BCUT2D eigenvalue weighted by atomic mass is 79.9. The molecule has 1 saturated carbocycles. The Kier molecular flexibility index (Phi) is 3.77. The van der Waals surface area contributed by atoms with E-state index >= 15 is 0 Å². The van der Waals surface area contributed by atoms with Gasteiger partial charge in [-0.15, -0.1) is 0 Å². The minimum absolute atomic E-state index is 0.0785. The third-order valence-corrected chi connectivity index (χ3v) is 4.99. The molecule has 0 spiro atoms. The highest BCUT2D eigenvalue weighted by Gasteiger charge is 2.35. The van der Waals surface area contributed by atoms with Crippen LogP contribution < -0.4 is 4.72 Å². The lowest BCUT2D eigenvalue weighted by Crippen LogP contribution is -2.47. The zero-order chi connectivity index (χ0) is 13.4. The molecule has 7 heteroatoms. The van der Waals surface area contributed by atoms with Crippen molar-refractivity contribution in [1.82, 2.24) is 4.72 Å². The fourth-order valence-corrected chi connectivity index (χ4v) is 3.27. The molecule has 0 aromatic heterocycles. The maximum Gasteiger partial charge on any atom is 0.243 e. The topological polar surface area (TPSA) is 66.4 Å². The predicted molar refractivity (Wildman–Crippen MR) is 68.1 cm³/mol. The summed E-state index contributed by atoms with van der Waals surface area (Å²) < 4.78 is 40.0. The lowest BCUT2D eigenvalue weighted by atomic mass is 9.81. The zero-order valence-corrected chi connectivity index (χ0v) is 11.9. The van der Waals surface area contributed by atoms with Crippen LogP contribution in [0.4, 0.5) is 4.39 Å². The van der Waals surface area contributed by atoms with Crippen molar-refractivity contribution < 1.29 is 17.9 Å². The molecule has 4 nitrogen and oxygen atoms in total. The van der Waals surface area contributed by atoms with Crippen molar-refractivity contribution >= 4 is 26.0 Å². The Morgan fingerprint density at radius 1 is 1.44 bits per heavy atom. The minimum Gasteiger partial charge on any atom is -0.389 e. The van der Waals surface area contributed by atoms with E-state index in [-0.39, 0.29) is 6.54 Å². The SMILES string of the molecule is O=S(=O)(NCC1(O)CCC1)c1ccc(Br)cc1F. The van der Waals surface area contributed by atoms with E-state index in [0.717, 1.165) is 12.5 Å². The van der Waals surface area contributed by atoms with Crippen molar-refractivity contribution in [2.75, 3.05) is 6.54 Å². The lowest BCUT2D eigenvalue weighted by Gasteiger charge is -2.36. The van der Waals surface area contributed by atoms with Gasteiger partial charge in [-0.05, 0) is 37.5 Å². The maximum absolute atomic E-state index is 13.6. The number of hydrogen-bond donors (Lipinski definition) is 2. The summed E-state index contributed by atoms with van der Waals surface area (Å²) in [5.41, 5.74) is -0.973. The summed E-state index contributed by atoms with van der Waals surface area (Å²) in [5.74, 6) is -0.822. The second-order valence-corrected chi connectivity index (χ2v) is 7.13. The molecule has 0 bridgehead atoms. The summed E-state index contributed by atoms with van der Waals surface area (Å²) in [6.45, 7) is -0.0785. The molecule has 0 amide bonds. The normalized spacial score (nSPS) is 18.4. The fraction of sp³-hybridized carbons (Fsp3) is 0.455. The van der Waals surface area contributed by atoms with Crippen molar-refractivity contribution in [2.24, 2.45) is 0 Å². The van der Waals surface area contributed by atoms with Crippen LogP contribution in [0.15, 0.2) is 27.6 Å². The molecule has 0 radical (unpaired) electrons. The standard InChI is InChI=1S/C11H13BrFNO3S/c12-8-2-3-10(9(13)6-8)18(16,17)14-7-11(15)4-1-5-11/h2-3,6,14-15H,1,4-5,7H2. The predicted octanol–water partition coefficient (Wildman–Crippen LogP) is 1.78. The van der Waals surface area contributed by atoms with Crippen LogP contribution >= 0.6 is 15.9 Å². The molecule has 0 aliphatic heterocycles. The maximum atomic E-state index is 13.6. The first-order valence-electron chi connectivity index (χ1n) is 5.50. The highest BCUT2D eigenvalue weighted by molar-refractivity contribution is 9.10. The van der Waals surface area contributed by atoms with Gasteiger partial charge in [0.25, 0.3) is 0 Å². The van der Waals surface area contributed by atoms with Crippen LogP contribution in [-0.4, -0.2) is 25.7 Å². The second kappa shape index (κ2) is 4.88. The first-order valence-corrected chi connectivity index (χ1v) is 7.77. The van der Waals surface area contributed by atoms with Crippen LogP contribution in [0, 0.1) is 5.82 Å². The molecule has 0 unspecified atom stereocenters. The van der Waals surface area contributed by atoms with Gasteiger partial charge in [0.15, 0.2) is 0 Å². The van der Waals surface area contributed by atoms with Gasteiger partial charge < -0.3 is 5.11 Å². The molecule has 0 atom stereocenters. The molecule has 0 saturated heterocycles. The van der Waals surface area contributed by atoms with E-state index in [1.165, 1.54) is 12.1 Å². The van der Waals surface area contributed by atoms with Crippen LogP contribution in [0.25, 0.3) is 0 Å². The second-order valence-electron chi connectivity index (χ2n) is 4.48. The molecular formula is C11H13BrFNO3S. The van der Waals surface area contributed by atoms with Gasteiger partial charge >= 0.3 is 0 Å². The van der Waals surface area contributed by atoms with Gasteiger partial charge in [0.2, 0.25) is 10.0 Å². The Labute approximate surface area is 113 Å². The number of hydrogen-bond acceptors (Lipinski definition) is 3. The summed E-state index contributed by atoms with van der Waals surface area (Å²) in [4.78, 5) is -0.409. The van der Waals surface area contributed by atoms with E-state index in [2.05, 4.69) is 20.7 Å². The number of sulfonamides is 1. The molecule has 100 valence electrons. The molecule has 0 heterocycles. The van der Waals surface area contributed by atoms with E-state index < -0.39 is 26.3 Å². The van der Waals surface area contributed by atoms with Gasteiger partial charge in [0, 0.05) is 11.0 Å². The molecule has 1 fully saturated rings. The summed E-state index contributed by atoms with van der Waals surface area (Å²) >= 11 is 3.06. The summed E-state index contributed by atoms with van der Waals surface area (Å²) in [5, 5.41) is 9.81. The Bertz CT molecular complexity index is 557. The van der Waals surface area contributed by atoms with Gasteiger partial charge in [-0.2, -0.15) is 0 Å². The first-order chi connectivity index (χ1) is 8.32. The highest BCUT2D eigenvalue weighted by Crippen LogP contribution is 2.31. The molecule has 1 aliphatic carbocycles. The largest absolute Gasteiger partial charge is 0.389 e. The first kappa shape index (κ1) is 13.9. The van der Waals surface area contributed by atoms with Crippen LogP contribution in [0.2, 0.25) is 0 Å². The van der Waals surface area contributed by atoms with Gasteiger partial charge in [0.1, 0.15) is 10.7 Å². The monoisotopic (exact) mass is 337 g/mol.